The number of nitrogens with zero attached hydrogens (tertiary/aromatic N) is 6. The van der Waals surface area contributed by atoms with Crippen LogP contribution in [0.3, 0.4) is 0 Å². The number of hydrogen-bond acceptors (Lipinski definition) is 7. The molecular formula is C80H56B2N6S. The highest BCUT2D eigenvalue weighted by molar-refractivity contribution is 7.33. The third-order valence-corrected chi connectivity index (χ3v) is 19.9. The summed E-state index contributed by atoms with van der Waals surface area (Å²) in [7, 11) is 0. The SMILES string of the molecule is C1=C(N(c2ccccc2)c2ccccc2)C=C2C3B(c4cc5c(cc4N2c2ccccc2)N(c2ccccc2)c2cc(N(c4ccccc4)c4ccccc4)cc4c2B5c2sc5ccccc5c2N4c2ccccc2)c2ccccc2N(c2ccccc2)C13. The molecule has 5 aliphatic rings. The standard InChI is InChI=1S/C80H56B2N6S/c1-9-29-55(30-10-1)83(56-31-11-2-12-32-56)63-49-72-77-73(50-63)86(60-39-19-6-20-40-60)70-54-71-68(53-67(70)81(77)66-46-26-27-47-69(66)85(72)59-37-17-5-18-38-59)82-78-74(87(71)61-41-21-7-22-42-61)51-64(84(57-33-13-3-14-34-57)58-35-15-4-16-36-58)52-75(78)88(62-43-23-8-24-44-62)79-65-45-25-28-48-76(65)89-80(79)82/h1-54,72,77H. The van der Waals surface area contributed by atoms with E-state index >= 15 is 0 Å². The molecule has 2 unspecified atom stereocenters. The summed E-state index contributed by atoms with van der Waals surface area (Å²) in [6.07, 6.45) is 5.10. The second-order valence-electron chi connectivity index (χ2n) is 23.6. The van der Waals surface area contributed by atoms with Crippen LogP contribution in [0.1, 0.15) is 0 Å². The third kappa shape index (κ3) is 8.12. The first-order valence-corrected chi connectivity index (χ1v) is 31.6. The van der Waals surface area contributed by atoms with E-state index in [4.69, 9.17) is 0 Å². The number of fused-ring (bicyclic) bond motifs is 10. The first-order valence-electron chi connectivity index (χ1n) is 30.8. The van der Waals surface area contributed by atoms with Crippen molar-refractivity contribution in [2.24, 2.45) is 0 Å². The quantitative estimate of drug-likeness (QED) is 0.126. The average Bonchev–Trinajstić information content (AvgIpc) is 1.67. The Labute approximate surface area is 523 Å². The van der Waals surface area contributed by atoms with E-state index in [2.05, 4.69) is 357 Å². The van der Waals surface area contributed by atoms with Crippen molar-refractivity contribution in [3.63, 3.8) is 0 Å². The van der Waals surface area contributed by atoms with Gasteiger partial charge < -0.3 is 29.4 Å². The van der Waals surface area contributed by atoms with E-state index in [1.807, 2.05) is 11.3 Å². The summed E-state index contributed by atoms with van der Waals surface area (Å²) in [5.41, 5.74) is 24.6. The van der Waals surface area contributed by atoms with Gasteiger partial charge in [0.1, 0.15) is 0 Å². The molecule has 0 saturated heterocycles. The number of allylic oxidation sites excluding steroid dienone is 1. The van der Waals surface area contributed by atoms with E-state index in [1.54, 1.807) is 0 Å². The fraction of sp³-hybridized carbons (Fsp3) is 0.0250. The van der Waals surface area contributed by atoms with Crippen LogP contribution >= 0.6 is 11.3 Å². The van der Waals surface area contributed by atoms with Crippen molar-refractivity contribution in [3.05, 3.63) is 339 Å². The summed E-state index contributed by atoms with van der Waals surface area (Å²) in [5, 5.41) is 1.25. The van der Waals surface area contributed by atoms with Gasteiger partial charge in [-0.3, -0.25) is 0 Å². The fourth-order valence-electron chi connectivity index (χ4n) is 15.2. The second-order valence-corrected chi connectivity index (χ2v) is 24.6. The van der Waals surface area contributed by atoms with Crippen LogP contribution in [0.25, 0.3) is 10.1 Å². The minimum atomic E-state index is -0.135. The maximum Gasteiger partial charge on any atom is 0.264 e. The Kier molecular flexibility index (Phi) is 12.0. The minimum Gasteiger partial charge on any atom is -0.335 e. The first-order chi connectivity index (χ1) is 44.2. The zero-order valence-electron chi connectivity index (χ0n) is 48.6. The summed E-state index contributed by atoms with van der Waals surface area (Å²) in [6, 6.07) is 116. The zero-order valence-corrected chi connectivity index (χ0v) is 49.4. The lowest BCUT2D eigenvalue weighted by molar-refractivity contribution is 0.713. The summed E-state index contributed by atoms with van der Waals surface area (Å²) in [5.74, 6) is -0.0194. The molecule has 0 amide bonds. The predicted octanol–water partition coefficient (Wildman–Crippen LogP) is 17.7. The number of rotatable bonds is 10. The van der Waals surface area contributed by atoms with Crippen molar-refractivity contribution in [2.45, 2.75) is 11.9 Å². The van der Waals surface area contributed by atoms with Crippen LogP contribution in [0.4, 0.5) is 85.3 Å². The van der Waals surface area contributed by atoms with Crippen LogP contribution in [0, 0.1) is 0 Å². The number of benzene rings is 12. The molecule has 0 fully saturated rings. The highest BCUT2D eigenvalue weighted by atomic mass is 32.1. The lowest BCUT2D eigenvalue weighted by Gasteiger charge is -2.54. The van der Waals surface area contributed by atoms with Gasteiger partial charge in [0.15, 0.2) is 0 Å². The molecular weight excluding hydrogens is 1100 g/mol. The number of thiophene rings is 1. The maximum absolute atomic E-state index is 2.68. The lowest BCUT2D eigenvalue weighted by atomic mass is 9.27. The normalized spacial score (nSPS) is 15.6. The number of hydrogen-bond donors (Lipinski definition) is 0. The molecule has 9 heteroatoms. The third-order valence-electron chi connectivity index (χ3n) is 18.7. The van der Waals surface area contributed by atoms with Crippen LogP contribution in [-0.4, -0.2) is 19.5 Å². The topological polar surface area (TPSA) is 19.4 Å². The molecule has 12 aromatic carbocycles. The van der Waals surface area contributed by atoms with Gasteiger partial charge in [0.25, 0.3) is 6.71 Å². The van der Waals surface area contributed by atoms with Crippen LogP contribution in [0.15, 0.2) is 339 Å². The molecule has 0 radical (unpaired) electrons. The van der Waals surface area contributed by atoms with Gasteiger partial charge in [-0.15, -0.1) is 11.3 Å². The summed E-state index contributed by atoms with van der Waals surface area (Å²) < 4.78 is 2.61. The summed E-state index contributed by atoms with van der Waals surface area (Å²) in [4.78, 5) is 15.3. The monoisotopic (exact) mass is 1150 g/mol. The number of para-hydroxylation sites is 9. The minimum absolute atomic E-state index is 0.0194. The Morgan fingerprint density at radius 3 is 1.39 bits per heavy atom. The lowest BCUT2D eigenvalue weighted by Crippen LogP contribution is -2.66. The fourth-order valence-corrected chi connectivity index (χ4v) is 16.6. The van der Waals surface area contributed by atoms with Gasteiger partial charge in [-0.1, -0.05) is 199 Å². The molecule has 1 aromatic heterocycles. The summed E-state index contributed by atoms with van der Waals surface area (Å²) >= 11 is 1.95. The van der Waals surface area contributed by atoms with Crippen LogP contribution in [-0.2, 0) is 0 Å². The predicted molar refractivity (Wildman–Crippen MR) is 378 cm³/mol. The molecule has 0 N–H and O–H groups in total. The Morgan fingerprint density at radius 2 is 0.809 bits per heavy atom. The van der Waals surface area contributed by atoms with Crippen LogP contribution < -0.4 is 56.0 Å². The molecule has 5 heterocycles. The van der Waals surface area contributed by atoms with Crippen molar-refractivity contribution in [2.75, 3.05) is 29.4 Å². The molecule has 0 spiro atoms. The van der Waals surface area contributed by atoms with Crippen molar-refractivity contribution in [3.8, 4) is 0 Å². The molecule has 6 nitrogen and oxygen atoms in total. The molecule has 18 rings (SSSR count). The molecule has 13 aromatic rings. The molecule has 4 aliphatic heterocycles. The summed E-state index contributed by atoms with van der Waals surface area (Å²) in [6.45, 7) is -0.170. The molecule has 0 bridgehead atoms. The van der Waals surface area contributed by atoms with Crippen molar-refractivity contribution >= 4 is 147 Å². The van der Waals surface area contributed by atoms with Crippen LogP contribution in [0.5, 0.6) is 0 Å². The van der Waals surface area contributed by atoms with Gasteiger partial charge in [-0.25, -0.2) is 0 Å². The van der Waals surface area contributed by atoms with Gasteiger partial charge in [-0.05, 0) is 150 Å². The Morgan fingerprint density at radius 1 is 0.348 bits per heavy atom. The molecule has 418 valence electrons. The molecule has 0 saturated carbocycles. The van der Waals surface area contributed by atoms with Crippen molar-refractivity contribution in [1.82, 2.24) is 0 Å². The van der Waals surface area contributed by atoms with Gasteiger partial charge in [-0.2, -0.15) is 0 Å². The van der Waals surface area contributed by atoms with E-state index in [0.29, 0.717) is 0 Å². The van der Waals surface area contributed by atoms with E-state index in [9.17, 15) is 0 Å². The van der Waals surface area contributed by atoms with Crippen LogP contribution in [0.2, 0.25) is 5.82 Å². The molecule has 1 aliphatic carbocycles. The number of anilines is 15. The van der Waals surface area contributed by atoms with Crippen molar-refractivity contribution < 1.29 is 0 Å². The van der Waals surface area contributed by atoms with Gasteiger partial charge in [0, 0.05) is 106 Å². The second kappa shape index (κ2) is 20.9. The highest BCUT2D eigenvalue weighted by Crippen LogP contribution is 2.55. The smallest absolute Gasteiger partial charge is 0.264 e. The first kappa shape index (κ1) is 51.3. The van der Waals surface area contributed by atoms with E-state index in [1.165, 1.54) is 59.5 Å². The largest absolute Gasteiger partial charge is 0.335 e. The molecule has 2 atom stereocenters. The Hall–Kier alpha value is -11.0. The van der Waals surface area contributed by atoms with E-state index < -0.39 is 0 Å². The highest BCUT2D eigenvalue weighted by Gasteiger charge is 2.55. The van der Waals surface area contributed by atoms with E-state index in [-0.39, 0.29) is 25.3 Å². The Balaban J connectivity index is 0.967. The molecule has 89 heavy (non-hydrogen) atoms. The Bertz CT molecular complexity index is 4820. The zero-order chi connectivity index (χ0) is 58.5. The average molecular weight is 1160 g/mol. The maximum atomic E-state index is 2.68. The van der Waals surface area contributed by atoms with Gasteiger partial charge in [0.05, 0.1) is 17.4 Å². The van der Waals surface area contributed by atoms with Gasteiger partial charge >= 0.3 is 0 Å². The van der Waals surface area contributed by atoms with E-state index in [0.717, 1.165) is 73.9 Å². The van der Waals surface area contributed by atoms with Gasteiger partial charge in [0.2, 0.25) is 6.71 Å². The van der Waals surface area contributed by atoms with Crippen molar-refractivity contribution in [1.29, 1.82) is 0 Å².